The van der Waals surface area contributed by atoms with Gasteiger partial charge in [0.2, 0.25) is 5.91 Å². The third-order valence-corrected chi connectivity index (χ3v) is 8.13. The Morgan fingerprint density at radius 3 is 2.57 bits per heavy atom. The highest BCUT2D eigenvalue weighted by molar-refractivity contribution is 6.00. The van der Waals surface area contributed by atoms with Gasteiger partial charge < -0.3 is 20.5 Å². The lowest BCUT2D eigenvalue weighted by Crippen LogP contribution is -2.42. The number of amides is 2. The molecule has 1 aliphatic heterocycles. The van der Waals surface area contributed by atoms with E-state index in [4.69, 9.17) is 15.2 Å². The molecule has 1 saturated carbocycles. The highest BCUT2D eigenvalue weighted by Crippen LogP contribution is 2.48. The molecule has 1 aliphatic carbocycles. The van der Waals surface area contributed by atoms with Gasteiger partial charge in [-0.05, 0) is 67.8 Å². The van der Waals surface area contributed by atoms with Gasteiger partial charge in [-0.1, -0.05) is 13.0 Å². The van der Waals surface area contributed by atoms with E-state index in [2.05, 4.69) is 15.3 Å². The van der Waals surface area contributed by atoms with Crippen molar-refractivity contribution < 1.29 is 36.6 Å². The van der Waals surface area contributed by atoms with Gasteiger partial charge in [-0.25, -0.2) is 9.37 Å². The Hall–Kier alpha value is -4.74. The zero-order valence-corrected chi connectivity index (χ0v) is 23.6. The van der Waals surface area contributed by atoms with E-state index < -0.39 is 47.4 Å². The Balaban J connectivity index is 1.38. The average molecular weight is 609 g/mol. The molecule has 0 bridgehead atoms. The largest absolute Gasteiger partial charge is 0.489 e. The fourth-order valence-electron chi connectivity index (χ4n) is 5.41. The number of nitrogens with two attached hydrogens (primary N) is 1. The Labute approximate surface area is 249 Å². The summed E-state index contributed by atoms with van der Waals surface area (Å²) in [6, 6.07) is 12.6. The first-order valence-corrected chi connectivity index (χ1v) is 14.1. The molecule has 8 nitrogen and oxygen atoms in total. The summed E-state index contributed by atoms with van der Waals surface area (Å²) in [5.74, 6) is -3.81. The zero-order valence-electron chi connectivity index (χ0n) is 23.6. The normalized spacial score (nSPS) is 18.4. The maximum atomic E-state index is 14.7. The molecule has 12 heteroatoms. The summed E-state index contributed by atoms with van der Waals surface area (Å²) >= 11 is 0. The van der Waals surface area contributed by atoms with Gasteiger partial charge >= 0.3 is 6.18 Å². The van der Waals surface area contributed by atoms with Crippen LogP contribution < -0.4 is 20.5 Å². The minimum atomic E-state index is -4.84. The van der Waals surface area contributed by atoms with Gasteiger partial charge in [0.05, 0.1) is 11.8 Å². The molecule has 4 aromatic rings. The maximum absolute atomic E-state index is 14.7. The fraction of sp³-hybridized carbons (Fsp3) is 0.312. The van der Waals surface area contributed by atoms with E-state index >= 15 is 0 Å². The van der Waals surface area contributed by atoms with Crippen LogP contribution in [0.1, 0.15) is 53.7 Å². The Morgan fingerprint density at radius 1 is 1.16 bits per heavy atom. The van der Waals surface area contributed by atoms with Crippen LogP contribution in [-0.2, 0) is 10.2 Å². The maximum Gasteiger partial charge on any atom is 0.398 e. The monoisotopic (exact) mass is 608 g/mol. The molecular weight excluding hydrogens is 580 g/mol. The molecule has 2 aromatic carbocycles. The van der Waals surface area contributed by atoms with E-state index in [1.165, 1.54) is 24.3 Å². The molecule has 0 radical (unpaired) electrons. The van der Waals surface area contributed by atoms with E-state index in [-0.39, 0.29) is 41.7 Å². The summed E-state index contributed by atoms with van der Waals surface area (Å²) in [4.78, 5) is 34.5. The number of rotatable bonds is 9. The van der Waals surface area contributed by atoms with Crippen molar-refractivity contribution >= 4 is 22.7 Å². The van der Waals surface area contributed by atoms with Crippen LogP contribution >= 0.6 is 0 Å². The topological polar surface area (TPSA) is 116 Å². The summed E-state index contributed by atoms with van der Waals surface area (Å²) in [7, 11) is 0. The second-order valence-corrected chi connectivity index (χ2v) is 11.0. The van der Waals surface area contributed by atoms with Gasteiger partial charge in [0.25, 0.3) is 5.91 Å². The summed E-state index contributed by atoms with van der Waals surface area (Å²) in [6.07, 6.45) is -1.34. The van der Waals surface area contributed by atoms with Crippen LogP contribution in [0.2, 0.25) is 0 Å². The van der Waals surface area contributed by atoms with Crippen LogP contribution in [-0.4, -0.2) is 47.2 Å². The summed E-state index contributed by atoms with van der Waals surface area (Å²) in [5.41, 5.74) is 5.05. The lowest BCUT2D eigenvalue weighted by atomic mass is 9.78. The summed E-state index contributed by atoms with van der Waals surface area (Å²) in [6.45, 7) is 0.656. The van der Waals surface area contributed by atoms with E-state index in [1.54, 1.807) is 31.3 Å². The molecule has 0 spiro atoms. The van der Waals surface area contributed by atoms with Crippen molar-refractivity contribution in [2.24, 2.45) is 5.73 Å². The number of nitrogens with zero attached hydrogens (tertiary/aromatic N) is 2. The first-order chi connectivity index (χ1) is 21.0. The van der Waals surface area contributed by atoms with Crippen LogP contribution in [0, 0.1) is 5.82 Å². The number of hydrogen-bond acceptors (Lipinski definition) is 6. The zero-order chi connectivity index (χ0) is 31.2. The smallest absolute Gasteiger partial charge is 0.398 e. The van der Waals surface area contributed by atoms with Crippen molar-refractivity contribution in [3.63, 3.8) is 0 Å². The van der Waals surface area contributed by atoms with Gasteiger partial charge in [-0.15, -0.1) is 0 Å². The lowest BCUT2D eigenvalue weighted by molar-refractivity contribution is -0.149. The van der Waals surface area contributed by atoms with Crippen molar-refractivity contribution in [1.29, 1.82) is 0 Å². The molecule has 3 heterocycles. The number of alkyl halides is 3. The van der Waals surface area contributed by atoms with E-state index in [9.17, 15) is 27.2 Å². The third kappa shape index (κ3) is 5.40. The quantitative estimate of drug-likeness (QED) is 0.240. The number of nitrogens with one attached hydrogen (secondary N) is 1. The molecule has 1 unspecified atom stereocenters. The average Bonchev–Trinajstić information content (AvgIpc) is 3.73. The number of pyridine rings is 2. The van der Waals surface area contributed by atoms with Crippen LogP contribution in [0.4, 0.5) is 17.6 Å². The number of ether oxygens (including phenoxy) is 2. The number of hydrogen-bond donors (Lipinski definition) is 2. The number of benzene rings is 2. The van der Waals surface area contributed by atoms with Crippen LogP contribution in [0.25, 0.3) is 22.2 Å². The van der Waals surface area contributed by atoms with Crippen LogP contribution in [0.5, 0.6) is 11.5 Å². The minimum Gasteiger partial charge on any atom is -0.489 e. The molecule has 2 aromatic heterocycles. The number of fused-ring (bicyclic) bond motifs is 2. The van der Waals surface area contributed by atoms with Crippen molar-refractivity contribution in [2.75, 3.05) is 13.2 Å². The van der Waals surface area contributed by atoms with Crippen LogP contribution in [0.15, 0.2) is 60.8 Å². The first kappa shape index (κ1) is 29.3. The number of carbonyl (C=O) groups is 2. The Kier molecular flexibility index (Phi) is 7.38. The third-order valence-electron chi connectivity index (χ3n) is 8.13. The molecule has 2 aliphatic rings. The molecule has 6 rings (SSSR count). The van der Waals surface area contributed by atoms with E-state index in [0.29, 0.717) is 22.2 Å². The number of halogens is 4. The highest BCUT2D eigenvalue weighted by Gasteiger charge is 2.49. The molecule has 3 N–H and O–H groups in total. The van der Waals surface area contributed by atoms with Crippen molar-refractivity contribution in [3.05, 3.63) is 83.4 Å². The van der Waals surface area contributed by atoms with Gasteiger partial charge in [-0.2, -0.15) is 13.2 Å². The molecule has 2 amide bonds. The standard InChI is InChI=1S/C32H28F4N4O4/c1-2-31(30(37)42)16-43-28-22(31)14-24(40-27(28)17-5-7-20(33)8-6-17)23(32(34,35)36)15-39-29(41)19-12-18-4-3-11-38-26(18)25(13-19)44-21-9-10-21/h3-8,11-14,21,23H,2,9-10,15-16H2,1H3,(H2,37,42)(H,39,41)/t23?,31-/m0/s1. The Bertz CT molecular complexity index is 1760. The molecule has 1 fully saturated rings. The molecule has 44 heavy (non-hydrogen) atoms. The fourth-order valence-corrected chi connectivity index (χ4v) is 5.41. The predicted molar refractivity (Wildman–Crippen MR) is 153 cm³/mol. The molecule has 0 saturated heterocycles. The second kappa shape index (κ2) is 11.1. The molecular formula is C32H28F4N4O4. The number of aromatic nitrogens is 2. The van der Waals surface area contributed by atoms with Crippen molar-refractivity contribution in [3.8, 4) is 22.8 Å². The second-order valence-electron chi connectivity index (χ2n) is 11.0. The van der Waals surface area contributed by atoms with E-state index in [0.717, 1.165) is 25.0 Å². The first-order valence-electron chi connectivity index (χ1n) is 14.1. The van der Waals surface area contributed by atoms with Crippen LogP contribution in [0.3, 0.4) is 0 Å². The van der Waals surface area contributed by atoms with Gasteiger partial charge in [0.15, 0.2) is 0 Å². The molecule has 228 valence electrons. The lowest BCUT2D eigenvalue weighted by Gasteiger charge is -2.25. The number of primary amides is 1. The van der Waals surface area contributed by atoms with E-state index in [1.807, 2.05) is 0 Å². The summed E-state index contributed by atoms with van der Waals surface area (Å²) < 4.78 is 69.4. The van der Waals surface area contributed by atoms with Crippen molar-refractivity contribution in [2.45, 2.75) is 49.8 Å². The SMILES string of the molecule is CC[C@]1(C(N)=O)COc2c1cc(C(CNC(=O)c1cc(OC3CC3)c3ncccc3c1)C(F)(F)F)nc2-c1ccc(F)cc1. The highest BCUT2D eigenvalue weighted by atomic mass is 19.4. The van der Waals surface area contributed by atoms with Gasteiger partial charge in [-0.3, -0.25) is 14.6 Å². The Morgan fingerprint density at radius 2 is 1.91 bits per heavy atom. The van der Waals surface area contributed by atoms with Crippen molar-refractivity contribution in [1.82, 2.24) is 15.3 Å². The number of carbonyl (C=O) groups excluding carboxylic acids is 2. The molecule has 2 atom stereocenters. The predicted octanol–water partition coefficient (Wildman–Crippen LogP) is 5.58. The minimum absolute atomic E-state index is 0.00827. The summed E-state index contributed by atoms with van der Waals surface area (Å²) in [5, 5.41) is 3.02. The van der Waals surface area contributed by atoms with Gasteiger partial charge in [0, 0.05) is 34.8 Å². The van der Waals surface area contributed by atoms with Gasteiger partial charge in [0.1, 0.15) is 46.5 Å².